The summed E-state index contributed by atoms with van der Waals surface area (Å²) in [6, 6.07) is 8.65. The number of pyridine rings is 2. The number of aromatic nitrogens is 2. The van der Waals surface area contributed by atoms with Crippen LogP contribution in [0.2, 0.25) is 0 Å². The van der Waals surface area contributed by atoms with Crippen LogP contribution in [-0.2, 0) is 12.6 Å². The van der Waals surface area contributed by atoms with Crippen LogP contribution in [0, 0.1) is 5.82 Å². The van der Waals surface area contributed by atoms with Crippen LogP contribution in [0.1, 0.15) is 36.9 Å². The Bertz CT molecular complexity index is 1430. The number of benzene rings is 1. The van der Waals surface area contributed by atoms with Crippen molar-refractivity contribution in [3.05, 3.63) is 76.3 Å². The van der Waals surface area contributed by atoms with E-state index in [1.165, 1.54) is 41.1 Å². The monoisotopic (exact) mass is 465 g/mol. The van der Waals surface area contributed by atoms with Crippen LogP contribution in [-0.4, -0.2) is 27.1 Å². The van der Waals surface area contributed by atoms with E-state index in [-0.39, 0.29) is 17.2 Å². The SMILES string of the molecule is CCNC(=O)c1cc2c(-c3cc(C(C)(C)O)cnc3Oc3ccc(F)cc3)cn(C)c(=O)c2o1. The number of nitrogens with zero attached hydrogens (tertiary/aromatic N) is 2. The lowest BCUT2D eigenvalue weighted by molar-refractivity contribution is 0.0782. The normalized spacial score (nSPS) is 11.6. The van der Waals surface area contributed by atoms with Crippen molar-refractivity contribution in [3.8, 4) is 22.8 Å². The van der Waals surface area contributed by atoms with Gasteiger partial charge in [0.25, 0.3) is 11.5 Å². The Morgan fingerprint density at radius 1 is 1.24 bits per heavy atom. The third kappa shape index (κ3) is 4.42. The molecule has 0 fully saturated rings. The number of nitrogens with one attached hydrogen (secondary N) is 1. The Hall–Kier alpha value is -3.98. The first kappa shape index (κ1) is 23.2. The molecule has 3 heterocycles. The molecule has 0 bridgehead atoms. The van der Waals surface area contributed by atoms with E-state index >= 15 is 0 Å². The molecule has 8 nitrogen and oxygen atoms in total. The molecule has 4 aromatic rings. The minimum Gasteiger partial charge on any atom is -0.445 e. The molecular weight excluding hydrogens is 441 g/mol. The molecule has 0 spiro atoms. The van der Waals surface area contributed by atoms with Gasteiger partial charge in [-0.2, -0.15) is 0 Å². The van der Waals surface area contributed by atoms with Crippen LogP contribution in [0.25, 0.3) is 22.1 Å². The number of halogens is 1. The minimum atomic E-state index is -1.21. The van der Waals surface area contributed by atoms with Crippen LogP contribution >= 0.6 is 0 Å². The molecule has 0 unspecified atom stereocenters. The molecule has 4 rings (SSSR count). The van der Waals surface area contributed by atoms with Gasteiger partial charge in [-0.1, -0.05) is 0 Å². The van der Waals surface area contributed by atoms with Crippen molar-refractivity contribution in [2.75, 3.05) is 6.54 Å². The van der Waals surface area contributed by atoms with Gasteiger partial charge < -0.3 is 24.1 Å². The van der Waals surface area contributed by atoms with E-state index in [9.17, 15) is 19.1 Å². The van der Waals surface area contributed by atoms with E-state index in [0.717, 1.165) is 0 Å². The fourth-order valence-corrected chi connectivity index (χ4v) is 3.48. The Morgan fingerprint density at radius 3 is 2.59 bits per heavy atom. The smallest absolute Gasteiger partial charge is 0.293 e. The number of carbonyl (C=O) groups is 1. The average molecular weight is 465 g/mol. The van der Waals surface area contributed by atoms with Gasteiger partial charge >= 0.3 is 0 Å². The molecule has 0 atom stereocenters. The first-order valence-electron chi connectivity index (χ1n) is 10.7. The van der Waals surface area contributed by atoms with Gasteiger partial charge in [-0.15, -0.1) is 0 Å². The molecule has 0 saturated carbocycles. The molecule has 0 aliphatic carbocycles. The first-order valence-corrected chi connectivity index (χ1v) is 10.7. The summed E-state index contributed by atoms with van der Waals surface area (Å²) in [6.07, 6.45) is 3.07. The minimum absolute atomic E-state index is 0.00245. The van der Waals surface area contributed by atoms with Crippen LogP contribution in [0.5, 0.6) is 11.6 Å². The lowest BCUT2D eigenvalue weighted by Gasteiger charge is -2.20. The molecule has 176 valence electrons. The Balaban J connectivity index is 1.96. The largest absolute Gasteiger partial charge is 0.445 e. The molecule has 0 aliphatic rings. The summed E-state index contributed by atoms with van der Waals surface area (Å²) >= 11 is 0. The number of aryl methyl sites for hydroxylation is 1. The topological polar surface area (TPSA) is 107 Å². The maximum atomic E-state index is 13.4. The van der Waals surface area contributed by atoms with Crippen molar-refractivity contribution in [3.63, 3.8) is 0 Å². The molecule has 0 saturated heterocycles. The van der Waals surface area contributed by atoms with Gasteiger partial charge in [0.1, 0.15) is 11.6 Å². The van der Waals surface area contributed by atoms with Crippen molar-refractivity contribution >= 4 is 16.9 Å². The van der Waals surface area contributed by atoms with Gasteiger partial charge in [-0.05, 0) is 57.2 Å². The standard InChI is InChI=1S/C25H24FN3O5/c1-5-27-22(30)20-11-17-19(13-29(4)24(31)21(17)34-20)18-10-14(25(2,3)32)12-28-23(18)33-16-8-6-15(26)7-9-16/h6-13,32H,5H2,1-4H3,(H,27,30). The highest BCUT2D eigenvalue weighted by atomic mass is 19.1. The highest BCUT2D eigenvalue weighted by Crippen LogP contribution is 2.38. The van der Waals surface area contributed by atoms with E-state index in [4.69, 9.17) is 9.15 Å². The molecule has 9 heteroatoms. The number of aliphatic hydroxyl groups is 1. The van der Waals surface area contributed by atoms with Gasteiger partial charge in [-0.3, -0.25) is 9.59 Å². The van der Waals surface area contributed by atoms with Crippen LogP contribution in [0.3, 0.4) is 0 Å². The number of carbonyl (C=O) groups excluding carboxylic acids is 1. The van der Waals surface area contributed by atoms with Gasteiger partial charge in [0.15, 0.2) is 5.76 Å². The van der Waals surface area contributed by atoms with E-state index in [1.54, 1.807) is 40.1 Å². The zero-order valence-corrected chi connectivity index (χ0v) is 19.2. The zero-order valence-electron chi connectivity index (χ0n) is 19.2. The molecule has 1 amide bonds. The fourth-order valence-electron chi connectivity index (χ4n) is 3.48. The molecular formula is C25H24FN3O5. The van der Waals surface area contributed by atoms with Gasteiger partial charge in [0, 0.05) is 48.1 Å². The summed E-state index contributed by atoms with van der Waals surface area (Å²) < 4.78 is 26.3. The number of hydrogen-bond donors (Lipinski definition) is 2. The zero-order chi connectivity index (χ0) is 24.6. The first-order chi connectivity index (χ1) is 16.1. The third-order valence-electron chi connectivity index (χ3n) is 5.30. The van der Waals surface area contributed by atoms with Crippen LogP contribution < -0.4 is 15.6 Å². The number of rotatable bonds is 6. The average Bonchev–Trinajstić information content (AvgIpc) is 3.24. The summed E-state index contributed by atoms with van der Waals surface area (Å²) in [5, 5.41) is 13.6. The van der Waals surface area contributed by atoms with Gasteiger partial charge in [-0.25, -0.2) is 9.37 Å². The Labute approximate surface area is 194 Å². The second-order valence-electron chi connectivity index (χ2n) is 8.36. The maximum Gasteiger partial charge on any atom is 0.293 e. The van der Waals surface area contributed by atoms with Crippen LogP contribution in [0.4, 0.5) is 4.39 Å². The summed E-state index contributed by atoms with van der Waals surface area (Å²) in [4.78, 5) is 29.5. The van der Waals surface area contributed by atoms with E-state index in [0.29, 0.717) is 34.4 Å². The van der Waals surface area contributed by atoms with Crippen molar-refractivity contribution in [1.82, 2.24) is 14.9 Å². The molecule has 3 aromatic heterocycles. The lowest BCUT2D eigenvalue weighted by Crippen LogP contribution is -2.22. The molecule has 0 aliphatic heterocycles. The van der Waals surface area contributed by atoms with E-state index in [2.05, 4.69) is 10.3 Å². The number of amides is 1. The van der Waals surface area contributed by atoms with Gasteiger partial charge in [0.2, 0.25) is 11.5 Å². The summed E-state index contributed by atoms with van der Waals surface area (Å²) in [5.41, 5.74) is -0.161. The maximum absolute atomic E-state index is 13.4. The molecule has 0 radical (unpaired) electrons. The number of ether oxygens (including phenoxy) is 1. The van der Waals surface area contributed by atoms with Crippen molar-refractivity contribution < 1.29 is 23.4 Å². The molecule has 34 heavy (non-hydrogen) atoms. The van der Waals surface area contributed by atoms with Crippen LogP contribution in [0.15, 0.2) is 58.0 Å². The highest BCUT2D eigenvalue weighted by Gasteiger charge is 2.24. The number of furan rings is 1. The highest BCUT2D eigenvalue weighted by molar-refractivity contribution is 6.01. The second kappa shape index (κ2) is 8.75. The summed E-state index contributed by atoms with van der Waals surface area (Å²) in [6.45, 7) is 5.41. The van der Waals surface area contributed by atoms with E-state index in [1.807, 2.05) is 0 Å². The summed E-state index contributed by atoms with van der Waals surface area (Å²) in [7, 11) is 1.56. The predicted octanol–water partition coefficient (Wildman–Crippen LogP) is 4.10. The van der Waals surface area contributed by atoms with E-state index < -0.39 is 22.9 Å². The second-order valence-corrected chi connectivity index (χ2v) is 8.36. The lowest BCUT2D eigenvalue weighted by atomic mass is 9.96. The molecule has 2 N–H and O–H groups in total. The Morgan fingerprint density at radius 2 is 1.94 bits per heavy atom. The fraction of sp³-hybridized carbons (Fsp3) is 0.240. The number of hydrogen-bond acceptors (Lipinski definition) is 6. The van der Waals surface area contributed by atoms with Gasteiger partial charge in [0.05, 0.1) is 5.60 Å². The Kier molecular flexibility index (Phi) is 5.97. The number of fused-ring (bicyclic) bond motifs is 1. The van der Waals surface area contributed by atoms with Crippen molar-refractivity contribution in [2.24, 2.45) is 7.05 Å². The summed E-state index contributed by atoms with van der Waals surface area (Å²) in [5.74, 6) is -0.344. The molecule has 1 aromatic carbocycles. The van der Waals surface area contributed by atoms with Crippen molar-refractivity contribution in [2.45, 2.75) is 26.4 Å². The predicted molar refractivity (Wildman–Crippen MR) is 124 cm³/mol. The third-order valence-corrected chi connectivity index (χ3v) is 5.30. The van der Waals surface area contributed by atoms with Crippen molar-refractivity contribution in [1.29, 1.82) is 0 Å². The quantitative estimate of drug-likeness (QED) is 0.444.